The minimum absolute atomic E-state index is 0.0626. The van der Waals surface area contributed by atoms with Crippen LogP contribution >= 0.6 is 0 Å². The lowest BCUT2D eigenvalue weighted by Gasteiger charge is -2.10. The van der Waals surface area contributed by atoms with Gasteiger partial charge in [-0.3, -0.25) is 9.59 Å². The fraction of sp³-hybridized carbons (Fsp3) is 0.467. The van der Waals surface area contributed by atoms with Gasteiger partial charge in [0.15, 0.2) is 0 Å². The van der Waals surface area contributed by atoms with Crippen molar-refractivity contribution in [3.63, 3.8) is 0 Å². The first kappa shape index (κ1) is 18.8. The van der Waals surface area contributed by atoms with Gasteiger partial charge in [-0.15, -0.1) is 0 Å². The minimum atomic E-state index is -4.88. The highest BCUT2D eigenvalue weighted by Gasteiger charge is 2.38. The third-order valence-electron chi connectivity index (χ3n) is 2.95. The van der Waals surface area contributed by atoms with Gasteiger partial charge in [-0.05, 0) is 37.0 Å². The molecule has 8 heteroatoms. The summed E-state index contributed by atoms with van der Waals surface area (Å²) in [5.41, 5.74) is 6.04. The van der Waals surface area contributed by atoms with Crippen LogP contribution in [0.5, 0.6) is 5.75 Å². The summed E-state index contributed by atoms with van der Waals surface area (Å²) in [4.78, 5) is 21.2. The summed E-state index contributed by atoms with van der Waals surface area (Å²) in [6, 6.07) is 7.12. The maximum atomic E-state index is 12.0. The van der Waals surface area contributed by atoms with E-state index in [1.165, 1.54) is 0 Å². The average molecular weight is 332 g/mol. The van der Waals surface area contributed by atoms with Crippen LogP contribution in [0.3, 0.4) is 0 Å². The number of unbranched alkanes of at least 4 members (excludes halogenated alkanes) is 1. The molecular weight excluding hydrogens is 313 g/mol. The van der Waals surface area contributed by atoms with Crippen molar-refractivity contribution in [2.24, 2.45) is 5.73 Å². The van der Waals surface area contributed by atoms with Gasteiger partial charge < -0.3 is 15.8 Å². The quantitative estimate of drug-likeness (QED) is 0.678. The third kappa shape index (κ3) is 8.08. The van der Waals surface area contributed by atoms with Gasteiger partial charge in [0.05, 0.1) is 6.54 Å². The molecule has 0 unspecified atom stereocenters. The Labute approximate surface area is 132 Å². The summed E-state index contributed by atoms with van der Waals surface area (Å²) in [5.74, 6) is -1.80. The van der Waals surface area contributed by atoms with Crippen LogP contribution in [0.15, 0.2) is 24.3 Å². The molecule has 0 aliphatic heterocycles. The van der Waals surface area contributed by atoms with Crippen LogP contribution in [0.1, 0.15) is 24.8 Å². The van der Waals surface area contributed by atoms with Gasteiger partial charge in [-0.2, -0.15) is 13.2 Å². The van der Waals surface area contributed by atoms with Crippen molar-refractivity contribution in [3.05, 3.63) is 29.8 Å². The normalized spacial score (nSPS) is 11.1. The second-order valence-electron chi connectivity index (χ2n) is 4.92. The molecule has 1 aromatic carbocycles. The zero-order chi connectivity index (χ0) is 17.3. The highest BCUT2D eigenvalue weighted by Crippen LogP contribution is 2.16. The number of benzene rings is 1. The molecule has 128 valence electrons. The number of carbonyl (C=O) groups is 2. The molecule has 5 nitrogen and oxygen atoms in total. The number of carbonyl (C=O) groups excluding carboxylic acids is 2. The summed E-state index contributed by atoms with van der Waals surface area (Å²) in [6.07, 6.45) is -2.30. The van der Waals surface area contributed by atoms with Crippen molar-refractivity contribution >= 4 is 11.8 Å². The topological polar surface area (TPSA) is 81.4 Å². The van der Waals surface area contributed by atoms with Crippen molar-refractivity contribution in [3.8, 4) is 5.75 Å². The van der Waals surface area contributed by atoms with Crippen LogP contribution in [0, 0.1) is 0 Å². The molecule has 2 amide bonds. The molecule has 0 spiro atoms. The fourth-order valence-corrected chi connectivity index (χ4v) is 1.85. The lowest BCUT2D eigenvalue weighted by Crippen LogP contribution is -2.38. The number of nitrogens with two attached hydrogens (primary N) is 1. The molecule has 3 N–H and O–H groups in total. The zero-order valence-corrected chi connectivity index (χ0v) is 12.5. The van der Waals surface area contributed by atoms with E-state index in [0.29, 0.717) is 18.6 Å². The molecule has 0 aromatic heterocycles. The predicted molar refractivity (Wildman–Crippen MR) is 77.8 cm³/mol. The van der Waals surface area contributed by atoms with E-state index in [9.17, 15) is 22.8 Å². The summed E-state index contributed by atoms with van der Waals surface area (Å²) in [6.45, 7) is -0.297. The maximum absolute atomic E-state index is 12.0. The van der Waals surface area contributed by atoms with Gasteiger partial charge >= 0.3 is 12.1 Å². The second kappa shape index (κ2) is 9.02. The molecular formula is C15H19F3N2O3. The molecule has 0 radical (unpaired) electrons. The summed E-state index contributed by atoms with van der Waals surface area (Å²) in [7, 11) is 0. The van der Waals surface area contributed by atoms with Gasteiger partial charge in [-0.1, -0.05) is 12.1 Å². The van der Waals surface area contributed by atoms with E-state index < -0.39 is 12.1 Å². The first-order chi connectivity index (χ1) is 10.8. The number of hydrogen-bond acceptors (Lipinski definition) is 3. The van der Waals surface area contributed by atoms with Crippen molar-refractivity contribution < 1.29 is 27.5 Å². The van der Waals surface area contributed by atoms with Gasteiger partial charge in [0, 0.05) is 6.42 Å². The Hall–Kier alpha value is -2.25. The van der Waals surface area contributed by atoms with E-state index in [1.54, 1.807) is 23.5 Å². The Balaban J connectivity index is 2.31. The van der Waals surface area contributed by atoms with Gasteiger partial charge in [0.2, 0.25) is 5.91 Å². The Morgan fingerprint density at radius 3 is 2.61 bits per heavy atom. The summed E-state index contributed by atoms with van der Waals surface area (Å²) < 4.78 is 41.2. The second-order valence-corrected chi connectivity index (χ2v) is 4.92. The van der Waals surface area contributed by atoms with Gasteiger partial charge in [0.25, 0.3) is 0 Å². The van der Waals surface area contributed by atoms with Gasteiger partial charge in [-0.25, -0.2) is 0 Å². The Kier molecular flexibility index (Phi) is 7.37. The largest absolute Gasteiger partial charge is 0.492 e. The number of halogens is 3. The SMILES string of the molecule is NC(=O)CCCCc1cccc(OCCNC(=O)C(F)(F)F)c1. The van der Waals surface area contributed by atoms with E-state index >= 15 is 0 Å². The number of aryl methyl sites for hydroxylation is 1. The molecule has 1 rings (SSSR count). The molecule has 0 bridgehead atoms. The van der Waals surface area contributed by atoms with Crippen LogP contribution in [-0.2, 0) is 16.0 Å². The lowest BCUT2D eigenvalue weighted by molar-refractivity contribution is -0.173. The Morgan fingerprint density at radius 1 is 1.22 bits per heavy atom. The minimum Gasteiger partial charge on any atom is -0.492 e. The highest BCUT2D eigenvalue weighted by atomic mass is 19.4. The zero-order valence-electron chi connectivity index (χ0n) is 12.5. The van der Waals surface area contributed by atoms with E-state index in [2.05, 4.69) is 0 Å². The number of primary amides is 1. The number of amides is 2. The highest BCUT2D eigenvalue weighted by molar-refractivity contribution is 5.81. The fourth-order valence-electron chi connectivity index (χ4n) is 1.85. The first-order valence-corrected chi connectivity index (χ1v) is 7.14. The molecule has 0 aliphatic carbocycles. The smallest absolute Gasteiger partial charge is 0.471 e. The molecule has 0 heterocycles. The van der Waals surface area contributed by atoms with Gasteiger partial charge in [0.1, 0.15) is 12.4 Å². The van der Waals surface area contributed by atoms with E-state index in [-0.39, 0.29) is 19.1 Å². The van der Waals surface area contributed by atoms with E-state index in [0.717, 1.165) is 18.4 Å². The Morgan fingerprint density at radius 2 is 1.96 bits per heavy atom. The van der Waals surface area contributed by atoms with Crippen molar-refractivity contribution in [2.75, 3.05) is 13.2 Å². The van der Waals surface area contributed by atoms with E-state index in [1.807, 2.05) is 6.07 Å². The van der Waals surface area contributed by atoms with Crippen LogP contribution in [0.2, 0.25) is 0 Å². The standard InChI is InChI=1S/C15H19F3N2O3/c16-15(17,18)14(22)20-8-9-23-12-6-3-5-11(10-12)4-1-2-7-13(19)21/h3,5-6,10H,1-2,4,7-9H2,(H2,19,21)(H,20,22). The van der Waals surface area contributed by atoms with Crippen LogP contribution < -0.4 is 15.8 Å². The number of rotatable bonds is 9. The Bertz CT molecular complexity index is 533. The van der Waals surface area contributed by atoms with Crippen LogP contribution in [-0.4, -0.2) is 31.1 Å². The van der Waals surface area contributed by atoms with Crippen molar-refractivity contribution in [2.45, 2.75) is 31.9 Å². The third-order valence-corrected chi connectivity index (χ3v) is 2.95. The van der Waals surface area contributed by atoms with Crippen LogP contribution in [0.4, 0.5) is 13.2 Å². The maximum Gasteiger partial charge on any atom is 0.471 e. The summed E-state index contributed by atoms with van der Waals surface area (Å²) >= 11 is 0. The first-order valence-electron chi connectivity index (χ1n) is 7.14. The molecule has 0 saturated heterocycles. The molecule has 23 heavy (non-hydrogen) atoms. The molecule has 0 saturated carbocycles. The monoisotopic (exact) mass is 332 g/mol. The summed E-state index contributed by atoms with van der Waals surface area (Å²) in [5, 5.41) is 1.73. The molecule has 1 aromatic rings. The van der Waals surface area contributed by atoms with E-state index in [4.69, 9.17) is 10.5 Å². The predicted octanol–water partition coefficient (Wildman–Crippen LogP) is 1.94. The average Bonchev–Trinajstić information content (AvgIpc) is 2.47. The lowest BCUT2D eigenvalue weighted by atomic mass is 10.1. The van der Waals surface area contributed by atoms with Crippen molar-refractivity contribution in [1.82, 2.24) is 5.32 Å². The molecule has 0 atom stereocenters. The number of nitrogens with one attached hydrogen (secondary N) is 1. The molecule has 0 fully saturated rings. The number of ether oxygens (including phenoxy) is 1. The number of alkyl halides is 3. The number of hydrogen-bond donors (Lipinski definition) is 2. The van der Waals surface area contributed by atoms with Crippen LogP contribution in [0.25, 0.3) is 0 Å². The molecule has 0 aliphatic rings. The van der Waals surface area contributed by atoms with Crippen molar-refractivity contribution in [1.29, 1.82) is 0 Å².